The van der Waals surface area contributed by atoms with E-state index in [0.29, 0.717) is 38.0 Å². The highest BCUT2D eigenvalue weighted by atomic mass is 16.2. The highest BCUT2D eigenvalue weighted by molar-refractivity contribution is 6.02. The van der Waals surface area contributed by atoms with E-state index in [1.54, 1.807) is 4.90 Å². The predicted molar refractivity (Wildman–Crippen MR) is 74.9 cm³/mol. The summed E-state index contributed by atoms with van der Waals surface area (Å²) in [5.74, 6) is 0.0493. The molecule has 0 saturated carbocycles. The summed E-state index contributed by atoms with van der Waals surface area (Å²) in [6.07, 6.45) is 2.51. The van der Waals surface area contributed by atoms with Gasteiger partial charge in [-0.15, -0.1) is 0 Å². The molecule has 0 bridgehead atoms. The minimum absolute atomic E-state index is 0.0652. The van der Waals surface area contributed by atoms with Gasteiger partial charge in [0.15, 0.2) is 0 Å². The zero-order chi connectivity index (χ0) is 13.7. The largest absolute Gasteiger partial charge is 0.330 e. The molecule has 0 atom stereocenters. The Morgan fingerprint density at radius 2 is 2.16 bits per heavy atom. The molecule has 0 spiro atoms. The van der Waals surface area contributed by atoms with Gasteiger partial charge in [0.1, 0.15) is 0 Å². The third kappa shape index (κ3) is 3.32. The maximum atomic E-state index is 11.8. The van der Waals surface area contributed by atoms with Crippen LogP contribution >= 0.6 is 0 Å². The van der Waals surface area contributed by atoms with Crippen molar-refractivity contribution in [3.05, 3.63) is 24.3 Å². The van der Waals surface area contributed by atoms with Crippen LogP contribution in [0.1, 0.15) is 25.7 Å². The Kier molecular flexibility index (Phi) is 4.52. The number of nitrogens with one attached hydrogen (secondary N) is 1. The molecule has 1 aromatic carbocycles. The zero-order valence-corrected chi connectivity index (χ0v) is 10.9. The topological polar surface area (TPSA) is 75.4 Å². The van der Waals surface area contributed by atoms with Gasteiger partial charge in [-0.3, -0.25) is 9.59 Å². The molecule has 1 aliphatic rings. The third-order valence-electron chi connectivity index (χ3n) is 3.15. The lowest BCUT2D eigenvalue weighted by molar-refractivity contribution is -0.117. The first-order valence-corrected chi connectivity index (χ1v) is 6.61. The Balaban J connectivity index is 2.12. The van der Waals surface area contributed by atoms with Crippen molar-refractivity contribution in [3.63, 3.8) is 0 Å². The molecular weight excluding hydrogens is 242 g/mol. The zero-order valence-electron chi connectivity index (χ0n) is 10.9. The van der Waals surface area contributed by atoms with E-state index < -0.39 is 0 Å². The van der Waals surface area contributed by atoms with Crippen molar-refractivity contribution in [2.75, 3.05) is 23.3 Å². The van der Waals surface area contributed by atoms with Crippen LogP contribution in [0.25, 0.3) is 0 Å². The van der Waals surface area contributed by atoms with E-state index in [9.17, 15) is 9.59 Å². The first kappa shape index (κ1) is 13.5. The second-order valence-electron chi connectivity index (χ2n) is 4.61. The fourth-order valence-electron chi connectivity index (χ4n) is 2.19. The number of benzene rings is 1. The van der Waals surface area contributed by atoms with Crippen LogP contribution < -0.4 is 16.0 Å². The van der Waals surface area contributed by atoms with Crippen molar-refractivity contribution in [1.29, 1.82) is 0 Å². The van der Waals surface area contributed by atoms with Crippen LogP contribution in [0.3, 0.4) is 0 Å². The number of carbonyl (C=O) groups excluding carboxylic acids is 2. The van der Waals surface area contributed by atoms with Crippen molar-refractivity contribution in [2.24, 2.45) is 5.73 Å². The van der Waals surface area contributed by atoms with Crippen LogP contribution in [0.2, 0.25) is 0 Å². The number of anilines is 2. The highest BCUT2D eigenvalue weighted by Gasteiger charge is 2.23. The summed E-state index contributed by atoms with van der Waals surface area (Å²) in [5, 5.41) is 2.85. The Morgan fingerprint density at radius 3 is 2.84 bits per heavy atom. The van der Waals surface area contributed by atoms with Gasteiger partial charge >= 0.3 is 0 Å². The number of carbonyl (C=O) groups is 2. The molecule has 5 nitrogen and oxygen atoms in total. The predicted octanol–water partition coefficient (Wildman–Crippen LogP) is 1.49. The van der Waals surface area contributed by atoms with Gasteiger partial charge in [-0.05, 0) is 31.5 Å². The molecule has 1 fully saturated rings. The minimum Gasteiger partial charge on any atom is -0.330 e. The SMILES string of the molecule is NCCCC(=O)Nc1ccccc1N1CCCC1=O. The van der Waals surface area contributed by atoms with E-state index in [1.807, 2.05) is 24.3 Å². The van der Waals surface area contributed by atoms with Gasteiger partial charge in [-0.25, -0.2) is 0 Å². The highest BCUT2D eigenvalue weighted by Crippen LogP contribution is 2.29. The van der Waals surface area contributed by atoms with Crippen LogP contribution in [-0.2, 0) is 9.59 Å². The Bertz CT molecular complexity index is 474. The van der Waals surface area contributed by atoms with Crippen LogP contribution in [0.5, 0.6) is 0 Å². The lowest BCUT2D eigenvalue weighted by atomic mass is 10.2. The second-order valence-corrected chi connectivity index (χ2v) is 4.61. The summed E-state index contributed by atoms with van der Waals surface area (Å²) < 4.78 is 0. The van der Waals surface area contributed by atoms with E-state index >= 15 is 0 Å². The maximum absolute atomic E-state index is 11.8. The molecule has 0 aliphatic carbocycles. The summed E-state index contributed by atoms with van der Waals surface area (Å²) in [6, 6.07) is 7.40. The first-order valence-electron chi connectivity index (χ1n) is 6.61. The summed E-state index contributed by atoms with van der Waals surface area (Å²) in [4.78, 5) is 25.3. The maximum Gasteiger partial charge on any atom is 0.227 e. The molecule has 0 unspecified atom stereocenters. The fraction of sp³-hybridized carbons (Fsp3) is 0.429. The average Bonchev–Trinajstić information content (AvgIpc) is 2.83. The number of rotatable bonds is 5. The lowest BCUT2D eigenvalue weighted by Gasteiger charge is -2.19. The van der Waals surface area contributed by atoms with Crippen LogP contribution in [0.4, 0.5) is 11.4 Å². The standard InChI is InChI=1S/C14H19N3O2/c15-9-3-7-13(18)16-11-5-1-2-6-12(11)17-10-4-8-14(17)19/h1-2,5-6H,3-4,7-10,15H2,(H,16,18). The van der Waals surface area contributed by atoms with Crippen LogP contribution in [0, 0.1) is 0 Å². The monoisotopic (exact) mass is 261 g/mol. The summed E-state index contributed by atoms with van der Waals surface area (Å²) in [6.45, 7) is 1.22. The van der Waals surface area contributed by atoms with Crippen molar-refractivity contribution >= 4 is 23.2 Å². The molecule has 2 amide bonds. The Labute approximate surface area is 112 Å². The number of para-hydroxylation sites is 2. The van der Waals surface area contributed by atoms with Crippen molar-refractivity contribution in [3.8, 4) is 0 Å². The Hall–Kier alpha value is -1.88. The van der Waals surface area contributed by atoms with E-state index in [-0.39, 0.29) is 11.8 Å². The molecule has 5 heteroatoms. The van der Waals surface area contributed by atoms with Crippen molar-refractivity contribution in [1.82, 2.24) is 0 Å². The second kappa shape index (κ2) is 6.33. The van der Waals surface area contributed by atoms with Crippen LogP contribution in [-0.4, -0.2) is 24.9 Å². The normalized spacial score (nSPS) is 14.8. The molecular formula is C14H19N3O2. The summed E-state index contributed by atoms with van der Waals surface area (Å²) >= 11 is 0. The van der Waals surface area contributed by atoms with E-state index in [2.05, 4.69) is 5.32 Å². The van der Waals surface area contributed by atoms with Gasteiger partial charge < -0.3 is 16.0 Å². The smallest absolute Gasteiger partial charge is 0.227 e. The molecule has 102 valence electrons. The number of hydrogen-bond donors (Lipinski definition) is 2. The molecule has 1 aliphatic heterocycles. The molecule has 3 N–H and O–H groups in total. The van der Waals surface area contributed by atoms with E-state index in [0.717, 1.165) is 12.1 Å². The molecule has 0 radical (unpaired) electrons. The summed E-state index contributed by atoms with van der Waals surface area (Å²) in [5.41, 5.74) is 6.86. The van der Waals surface area contributed by atoms with Gasteiger partial charge in [0.25, 0.3) is 0 Å². The molecule has 1 heterocycles. The third-order valence-corrected chi connectivity index (χ3v) is 3.15. The summed E-state index contributed by atoms with van der Waals surface area (Å²) in [7, 11) is 0. The fourth-order valence-corrected chi connectivity index (χ4v) is 2.19. The minimum atomic E-state index is -0.0652. The Morgan fingerprint density at radius 1 is 1.37 bits per heavy atom. The lowest BCUT2D eigenvalue weighted by Crippen LogP contribution is -2.25. The van der Waals surface area contributed by atoms with E-state index in [4.69, 9.17) is 5.73 Å². The van der Waals surface area contributed by atoms with E-state index in [1.165, 1.54) is 0 Å². The van der Waals surface area contributed by atoms with Gasteiger partial charge in [0.05, 0.1) is 11.4 Å². The first-order chi connectivity index (χ1) is 9.22. The molecule has 2 rings (SSSR count). The number of nitrogens with zero attached hydrogens (tertiary/aromatic N) is 1. The van der Waals surface area contributed by atoms with Gasteiger partial charge in [0, 0.05) is 19.4 Å². The molecule has 1 aromatic rings. The van der Waals surface area contributed by atoms with Gasteiger partial charge in [-0.1, -0.05) is 12.1 Å². The molecule has 0 aromatic heterocycles. The number of hydrogen-bond acceptors (Lipinski definition) is 3. The number of amides is 2. The average molecular weight is 261 g/mol. The van der Waals surface area contributed by atoms with Gasteiger partial charge in [0.2, 0.25) is 11.8 Å². The van der Waals surface area contributed by atoms with Crippen molar-refractivity contribution in [2.45, 2.75) is 25.7 Å². The quantitative estimate of drug-likeness (QED) is 0.843. The van der Waals surface area contributed by atoms with Crippen molar-refractivity contribution < 1.29 is 9.59 Å². The molecule has 19 heavy (non-hydrogen) atoms. The molecule has 1 saturated heterocycles. The van der Waals surface area contributed by atoms with Crippen LogP contribution in [0.15, 0.2) is 24.3 Å². The number of nitrogens with two attached hydrogens (primary N) is 1. The van der Waals surface area contributed by atoms with Gasteiger partial charge in [-0.2, -0.15) is 0 Å².